The number of carbonyl (C=O) groups excluding carboxylic acids is 1. The maximum Gasteiger partial charge on any atom is 0.220 e. The molecular formula is C13H26N2O. The number of nitrogens with one attached hydrogen (secondary N) is 1. The summed E-state index contributed by atoms with van der Waals surface area (Å²) in [5, 5.41) is 3.06. The number of rotatable bonds is 6. The summed E-state index contributed by atoms with van der Waals surface area (Å²) in [6, 6.07) is 0.208. The van der Waals surface area contributed by atoms with Crippen LogP contribution in [-0.4, -0.2) is 18.5 Å². The van der Waals surface area contributed by atoms with Crippen molar-refractivity contribution in [3.8, 4) is 0 Å². The van der Waals surface area contributed by atoms with Gasteiger partial charge in [0.1, 0.15) is 0 Å². The van der Waals surface area contributed by atoms with E-state index in [1.54, 1.807) is 0 Å². The molecular weight excluding hydrogens is 200 g/mol. The zero-order valence-electron chi connectivity index (χ0n) is 10.7. The lowest BCUT2D eigenvalue weighted by Crippen LogP contribution is -2.34. The van der Waals surface area contributed by atoms with E-state index >= 15 is 0 Å². The fourth-order valence-corrected chi connectivity index (χ4v) is 2.39. The van der Waals surface area contributed by atoms with Gasteiger partial charge in [-0.15, -0.1) is 0 Å². The van der Waals surface area contributed by atoms with Crippen molar-refractivity contribution >= 4 is 5.91 Å². The van der Waals surface area contributed by atoms with Gasteiger partial charge < -0.3 is 11.1 Å². The normalized spacial score (nSPS) is 20.7. The second-order valence-corrected chi connectivity index (χ2v) is 5.66. The predicted molar refractivity (Wildman–Crippen MR) is 67.1 cm³/mol. The van der Waals surface area contributed by atoms with Gasteiger partial charge in [0, 0.05) is 19.0 Å². The molecule has 0 aliphatic heterocycles. The molecule has 3 heteroatoms. The molecule has 1 amide bonds. The van der Waals surface area contributed by atoms with Gasteiger partial charge in [-0.05, 0) is 38.0 Å². The summed E-state index contributed by atoms with van der Waals surface area (Å²) < 4.78 is 0. The number of hydrogen-bond donors (Lipinski definition) is 2. The van der Waals surface area contributed by atoms with Crippen LogP contribution in [0.15, 0.2) is 0 Å². The molecule has 0 aromatic carbocycles. The summed E-state index contributed by atoms with van der Waals surface area (Å²) >= 11 is 0. The zero-order valence-corrected chi connectivity index (χ0v) is 10.7. The summed E-state index contributed by atoms with van der Waals surface area (Å²) in [4.78, 5) is 11.6. The van der Waals surface area contributed by atoms with Crippen LogP contribution in [0.3, 0.4) is 0 Å². The maximum absolute atomic E-state index is 11.6. The minimum Gasteiger partial charge on any atom is -0.356 e. The van der Waals surface area contributed by atoms with Crippen molar-refractivity contribution in [1.82, 2.24) is 5.32 Å². The molecule has 3 N–H and O–H groups in total. The fraction of sp³-hybridized carbons (Fsp3) is 0.923. The van der Waals surface area contributed by atoms with E-state index in [0.29, 0.717) is 11.8 Å². The minimum atomic E-state index is 0.189. The van der Waals surface area contributed by atoms with Crippen LogP contribution in [0.5, 0.6) is 0 Å². The van der Waals surface area contributed by atoms with E-state index in [-0.39, 0.29) is 11.9 Å². The molecule has 0 aromatic heterocycles. The van der Waals surface area contributed by atoms with Crippen molar-refractivity contribution in [3.63, 3.8) is 0 Å². The third-order valence-electron chi connectivity index (χ3n) is 3.59. The van der Waals surface area contributed by atoms with E-state index in [2.05, 4.69) is 12.2 Å². The van der Waals surface area contributed by atoms with Crippen LogP contribution >= 0.6 is 0 Å². The summed E-state index contributed by atoms with van der Waals surface area (Å²) in [6.45, 7) is 5.11. The smallest absolute Gasteiger partial charge is 0.220 e. The molecule has 3 nitrogen and oxygen atoms in total. The maximum atomic E-state index is 11.6. The van der Waals surface area contributed by atoms with E-state index < -0.39 is 0 Å². The van der Waals surface area contributed by atoms with Gasteiger partial charge >= 0.3 is 0 Å². The molecule has 0 aromatic rings. The highest BCUT2D eigenvalue weighted by Crippen LogP contribution is 2.36. The van der Waals surface area contributed by atoms with Crippen molar-refractivity contribution in [2.24, 2.45) is 11.1 Å². The van der Waals surface area contributed by atoms with E-state index in [0.717, 1.165) is 19.4 Å². The Morgan fingerprint density at radius 2 is 2.06 bits per heavy atom. The SMILES string of the molecule is CC(N)CCCC(=O)NCC1(C)CCCC1. The van der Waals surface area contributed by atoms with Crippen molar-refractivity contribution in [2.75, 3.05) is 6.54 Å². The monoisotopic (exact) mass is 226 g/mol. The molecule has 1 unspecified atom stereocenters. The van der Waals surface area contributed by atoms with E-state index in [1.165, 1.54) is 25.7 Å². The molecule has 1 aliphatic carbocycles. The molecule has 0 saturated heterocycles. The molecule has 1 fully saturated rings. The first-order valence-corrected chi connectivity index (χ1v) is 6.54. The Bertz CT molecular complexity index is 220. The number of amides is 1. The van der Waals surface area contributed by atoms with Gasteiger partial charge in [-0.1, -0.05) is 19.8 Å². The van der Waals surface area contributed by atoms with Gasteiger partial charge in [0.15, 0.2) is 0 Å². The van der Waals surface area contributed by atoms with Gasteiger partial charge in [0.05, 0.1) is 0 Å². The van der Waals surface area contributed by atoms with Crippen LogP contribution in [0.25, 0.3) is 0 Å². The molecule has 0 heterocycles. The molecule has 16 heavy (non-hydrogen) atoms. The third-order valence-corrected chi connectivity index (χ3v) is 3.59. The number of carbonyl (C=O) groups is 1. The van der Waals surface area contributed by atoms with Crippen molar-refractivity contribution in [3.05, 3.63) is 0 Å². The highest BCUT2D eigenvalue weighted by atomic mass is 16.1. The molecule has 94 valence electrons. The Balaban J connectivity index is 2.10. The number of hydrogen-bond acceptors (Lipinski definition) is 2. The van der Waals surface area contributed by atoms with Crippen molar-refractivity contribution in [1.29, 1.82) is 0 Å². The van der Waals surface area contributed by atoms with Gasteiger partial charge in [-0.25, -0.2) is 0 Å². The Hall–Kier alpha value is -0.570. The van der Waals surface area contributed by atoms with E-state index in [4.69, 9.17) is 5.73 Å². The van der Waals surface area contributed by atoms with Gasteiger partial charge in [-0.2, -0.15) is 0 Å². The summed E-state index contributed by atoms with van der Waals surface area (Å²) in [7, 11) is 0. The lowest BCUT2D eigenvalue weighted by Gasteiger charge is -2.23. The third kappa shape index (κ3) is 4.97. The predicted octanol–water partition coefficient (Wildman–Crippen LogP) is 2.20. The highest BCUT2D eigenvalue weighted by Gasteiger charge is 2.28. The summed E-state index contributed by atoms with van der Waals surface area (Å²) in [5.41, 5.74) is 6.00. The van der Waals surface area contributed by atoms with Crippen LogP contribution in [0.1, 0.15) is 58.8 Å². The number of nitrogens with two attached hydrogens (primary N) is 1. The topological polar surface area (TPSA) is 55.1 Å². The quantitative estimate of drug-likeness (QED) is 0.729. The Labute approximate surface area is 99.2 Å². The van der Waals surface area contributed by atoms with Crippen LogP contribution in [-0.2, 0) is 4.79 Å². The molecule has 0 radical (unpaired) electrons. The lowest BCUT2D eigenvalue weighted by molar-refractivity contribution is -0.121. The fourth-order valence-electron chi connectivity index (χ4n) is 2.39. The second kappa shape index (κ2) is 6.24. The largest absolute Gasteiger partial charge is 0.356 e. The van der Waals surface area contributed by atoms with E-state index in [9.17, 15) is 4.79 Å². The molecule has 1 atom stereocenters. The summed E-state index contributed by atoms with van der Waals surface area (Å²) in [6.07, 6.45) is 7.61. The van der Waals surface area contributed by atoms with Crippen molar-refractivity contribution < 1.29 is 4.79 Å². The first-order valence-electron chi connectivity index (χ1n) is 6.54. The molecule has 1 rings (SSSR count). The van der Waals surface area contributed by atoms with Gasteiger partial charge in [0.25, 0.3) is 0 Å². The van der Waals surface area contributed by atoms with Gasteiger partial charge in [0.2, 0.25) is 5.91 Å². The standard InChI is InChI=1S/C13H26N2O/c1-11(14)6-5-7-12(16)15-10-13(2)8-3-4-9-13/h11H,3-10,14H2,1-2H3,(H,15,16). The van der Waals surface area contributed by atoms with Crippen LogP contribution in [0.4, 0.5) is 0 Å². The molecule has 0 bridgehead atoms. The molecule has 0 spiro atoms. The van der Waals surface area contributed by atoms with Crippen molar-refractivity contribution in [2.45, 2.75) is 64.8 Å². The lowest BCUT2D eigenvalue weighted by atomic mass is 9.89. The minimum absolute atomic E-state index is 0.189. The zero-order chi connectivity index (χ0) is 12.0. The average molecular weight is 226 g/mol. The van der Waals surface area contributed by atoms with Crippen LogP contribution in [0.2, 0.25) is 0 Å². The van der Waals surface area contributed by atoms with Crippen LogP contribution in [0, 0.1) is 5.41 Å². The molecule has 1 saturated carbocycles. The Kier molecular flexibility index (Phi) is 5.26. The van der Waals surface area contributed by atoms with Gasteiger partial charge in [-0.3, -0.25) is 4.79 Å². The summed E-state index contributed by atoms with van der Waals surface area (Å²) in [5.74, 6) is 0.189. The first-order chi connectivity index (χ1) is 7.52. The highest BCUT2D eigenvalue weighted by molar-refractivity contribution is 5.75. The average Bonchev–Trinajstić information content (AvgIpc) is 2.62. The Morgan fingerprint density at radius 1 is 1.44 bits per heavy atom. The van der Waals surface area contributed by atoms with E-state index in [1.807, 2.05) is 6.92 Å². The Morgan fingerprint density at radius 3 is 2.62 bits per heavy atom. The second-order valence-electron chi connectivity index (χ2n) is 5.66. The molecule has 1 aliphatic rings. The first kappa shape index (κ1) is 13.5. The van der Waals surface area contributed by atoms with Crippen LogP contribution < -0.4 is 11.1 Å².